The van der Waals surface area contributed by atoms with E-state index in [1.165, 1.54) is 18.4 Å². The minimum atomic E-state index is -0.0937. The van der Waals surface area contributed by atoms with Gasteiger partial charge in [-0.1, -0.05) is 66.2 Å². The average Bonchev–Trinajstić information content (AvgIpc) is 2.92. The van der Waals surface area contributed by atoms with Gasteiger partial charge in [0.25, 0.3) is 0 Å². The lowest BCUT2D eigenvalue weighted by molar-refractivity contribution is 0.0961. The quantitative estimate of drug-likeness (QED) is 0.271. The standard InChI is InChI=1S/C31H37ClN2O2/c1-33-20-17-31(36-29-14-12-28(32)13-15-29)27-10-8-26(9-11-27)30(35)16-7-24-18-21-34(22-19-24)23-25-5-3-2-4-6-25/h2-6,8-15,24,31,33H,7,16-23H2,1H3. The molecule has 3 aromatic rings. The lowest BCUT2D eigenvalue weighted by Crippen LogP contribution is -2.33. The van der Waals surface area contributed by atoms with Crippen molar-refractivity contribution in [1.29, 1.82) is 0 Å². The van der Waals surface area contributed by atoms with Crippen LogP contribution < -0.4 is 10.1 Å². The fraction of sp³-hybridized carbons (Fsp3) is 0.387. The smallest absolute Gasteiger partial charge is 0.162 e. The van der Waals surface area contributed by atoms with E-state index < -0.39 is 0 Å². The highest BCUT2D eigenvalue weighted by Crippen LogP contribution is 2.27. The number of carbonyl (C=O) groups is 1. The molecule has 36 heavy (non-hydrogen) atoms. The first kappa shape index (κ1) is 26.4. The molecule has 4 nitrogen and oxygen atoms in total. The topological polar surface area (TPSA) is 41.6 Å². The molecule has 1 N–H and O–H groups in total. The van der Waals surface area contributed by atoms with Gasteiger partial charge in [-0.2, -0.15) is 0 Å². The summed E-state index contributed by atoms with van der Waals surface area (Å²) in [7, 11) is 1.94. The lowest BCUT2D eigenvalue weighted by atomic mass is 9.90. The molecule has 1 fully saturated rings. The summed E-state index contributed by atoms with van der Waals surface area (Å²) in [5.74, 6) is 1.66. The molecule has 190 valence electrons. The van der Waals surface area contributed by atoms with Gasteiger partial charge in [0.2, 0.25) is 0 Å². The Hall–Kier alpha value is -2.66. The number of hydrogen-bond donors (Lipinski definition) is 1. The minimum absolute atomic E-state index is 0.0937. The average molecular weight is 505 g/mol. The van der Waals surface area contributed by atoms with E-state index in [2.05, 4.69) is 40.5 Å². The van der Waals surface area contributed by atoms with Gasteiger partial charge in [0.15, 0.2) is 5.78 Å². The monoisotopic (exact) mass is 504 g/mol. The van der Waals surface area contributed by atoms with E-state index >= 15 is 0 Å². The maximum atomic E-state index is 12.9. The molecule has 1 atom stereocenters. The SMILES string of the molecule is CNCCC(Oc1ccc(Cl)cc1)c1ccc(C(=O)CCC2CCN(Cc3ccccc3)CC2)cc1. The molecule has 0 radical (unpaired) electrons. The Kier molecular flexibility index (Phi) is 9.97. The van der Waals surface area contributed by atoms with E-state index in [1.54, 1.807) is 0 Å². The van der Waals surface area contributed by atoms with E-state index in [-0.39, 0.29) is 11.9 Å². The van der Waals surface area contributed by atoms with Crippen molar-refractivity contribution >= 4 is 17.4 Å². The van der Waals surface area contributed by atoms with E-state index in [1.807, 2.05) is 55.6 Å². The van der Waals surface area contributed by atoms with E-state index in [0.29, 0.717) is 17.4 Å². The Labute approximate surface area is 220 Å². The molecule has 1 aliphatic rings. The van der Waals surface area contributed by atoms with Crippen LogP contribution in [0.25, 0.3) is 0 Å². The number of nitrogens with zero attached hydrogens (tertiary/aromatic N) is 1. The van der Waals surface area contributed by atoms with Gasteiger partial charge in [0.1, 0.15) is 11.9 Å². The molecule has 0 spiro atoms. The number of hydrogen-bond acceptors (Lipinski definition) is 4. The van der Waals surface area contributed by atoms with Gasteiger partial charge >= 0.3 is 0 Å². The fourth-order valence-electron chi connectivity index (χ4n) is 4.88. The second kappa shape index (κ2) is 13.6. The summed E-state index contributed by atoms with van der Waals surface area (Å²) in [5.41, 5.74) is 3.24. The van der Waals surface area contributed by atoms with Gasteiger partial charge in [0.05, 0.1) is 0 Å². The van der Waals surface area contributed by atoms with Crippen molar-refractivity contribution in [2.24, 2.45) is 5.92 Å². The number of ketones is 1. The fourth-order valence-corrected chi connectivity index (χ4v) is 5.01. The lowest BCUT2D eigenvalue weighted by Gasteiger charge is -2.32. The summed E-state index contributed by atoms with van der Waals surface area (Å²) in [6, 6.07) is 26.1. The summed E-state index contributed by atoms with van der Waals surface area (Å²) in [6.07, 6.45) is 4.68. The summed E-state index contributed by atoms with van der Waals surface area (Å²) in [6.45, 7) is 4.09. The molecule has 0 bridgehead atoms. The van der Waals surface area contributed by atoms with Crippen molar-refractivity contribution < 1.29 is 9.53 Å². The number of benzene rings is 3. The summed E-state index contributed by atoms with van der Waals surface area (Å²) >= 11 is 6.01. The van der Waals surface area contributed by atoms with Crippen LogP contribution in [-0.4, -0.2) is 37.4 Å². The Balaban J connectivity index is 1.26. The van der Waals surface area contributed by atoms with Crippen LogP contribution >= 0.6 is 11.6 Å². The first-order chi connectivity index (χ1) is 17.6. The predicted molar refractivity (Wildman–Crippen MR) is 148 cm³/mol. The van der Waals surface area contributed by atoms with Gasteiger partial charge < -0.3 is 10.1 Å². The first-order valence-electron chi connectivity index (χ1n) is 13.1. The second-order valence-corrected chi connectivity index (χ2v) is 10.2. The minimum Gasteiger partial charge on any atom is -0.486 e. The third kappa shape index (κ3) is 7.92. The summed E-state index contributed by atoms with van der Waals surface area (Å²) in [5, 5.41) is 3.89. The maximum Gasteiger partial charge on any atom is 0.162 e. The zero-order valence-electron chi connectivity index (χ0n) is 21.2. The van der Waals surface area contributed by atoms with Crippen molar-refractivity contribution in [3.05, 3.63) is 101 Å². The Bertz CT molecular complexity index is 1060. The van der Waals surface area contributed by atoms with Gasteiger partial charge in [-0.05, 0) is 87.3 Å². The highest BCUT2D eigenvalue weighted by molar-refractivity contribution is 6.30. The van der Waals surface area contributed by atoms with Gasteiger partial charge in [-0.3, -0.25) is 9.69 Å². The Morgan fingerprint density at radius 1 is 1.00 bits per heavy atom. The third-order valence-electron chi connectivity index (χ3n) is 7.09. The van der Waals surface area contributed by atoms with Crippen LogP contribution in [0.4, 0.5) is 0 Å². The van der Waals surface area contributed by atoms with E-state index in [9.17, 15) is 4.79 Å². The van der Waals surface area contributed by atoms with Crippen molar-refractivity contribution in [3.8, 4) is 5.75 Å². The highest BCUT2D eigenvalue weighted by atomic mass is 35.5. The molecule has 1 unspecified atom stereocenters. The number of rotatable bonds is 12. The number of nitrogens with one attached hydrogen (secondary N) is 1. The summed E-state index contributed by atoms with van der Waals surface area (Å²) in [4.78, 5) is 15.4. The number of ether oxygens (including phenoxy) is 1. The van der Waals surface area contributed by atoms with E-state index in [4.69, 9.17) is 16.3 Å². The van der Waals surface area contributed by atoms with Crippen LogP contribution in [0.3, 0.4) is 0 Å². The van der Waals surface area contributed by atoms with Gasteiger partial charge in [-0.15, -0.1) is 0 Å². The maximum absolute atomic E-state index is 12.9. The molecule has 1 aliphatic heterocycles. The van der Waals surface area contributed by atoms with Crippen LogP contribution in [0.5, 0.6) is 5.75 Å². The number of likely N-dealkylation sites (tertiary alicyclic amines) is 1. The van der Waals surface area contributed by atoms with Crippen LogP contribution in [0.1, 0.15) is 59.7 Å². The Morgan fingerprint density at radius 3 is 2.36 bits per heavy atom. The second-order valence-electron chi connectivity index (χ2n) is 9.74. The van der Waals surface area contributed by atoms with Crippen LogP contribution in [0.2, 0.25) is 5.02 Å². The summed E-state index contributed by atoms with van der Waals surface area (Å²) < 4.78 is 6.24. The zero-order chi connectivity index (χ0) is 25.2. The predicted octanol–water partition coefficient (Wildman–Crippen LogP) is 6.94. The van der Waals surface area contributed by atoms with Gasteiger partial charge in [-0.25, -0.2) is 0 Å². The molecular formula is C31H37ClN2O2. The molecule has 0 aliphatic carbocycles. The molecular weight excluding hydrogens is 468 g/mol. The molecule has 1 saturated heterocycles. The first-order valence-corrected chi connectivity index (χ1v) is 13.4. The Morgan fingerprint density at radius 2 is 1.69 bits per heavy atom. The molecule has 1 heterocycles. The third-order valence-corrected chi connectivity index (χ3v) is 7.34. The van der Waals surface area contributed by atoms with Crippen LogP contribution in [0.15, 0.2) is 78.9 Å². The molecule has 3 aromatic carbocycles. The molecule has 4 rings (SSSR count). The molecule has 0 aromatic heterocycles. The molecule has 5 heteroatoms. The van der Waals surface area contributed by atoms with Crippen molar-refractivity contribution in [2.75, 3.05) is 26.7 Å². The normalized spacial score (nSPS) is 15.5. The highest BCUT2D eigenvalue weighted by Gasteiger charge is 2.21. The zero-order valence-corrected chi connectivity index (χ0v) is 21.9. The van der Waals surface area contributed by atoms with Crippen LogP contribution in [-0.2, 0) is 6.54 Å². The molecule has 0 amide bonds. The van der Waals surface area contributed by atoms with Crippen molar-refractivity contribution in [3.63, 3.8) is 0 Å². The number of Topliss-reactive ketones (excluding diaryl/α,β-unsaturated/α-hetero) is 1. The number of carbonyl (C=O) groups excluding carboxylic acids is 1. The van der Waals surface area contributed by atoms with Crippen molar-refractivity contribution in [1.82, 2.24) is 10.2 Å². The van der Waals surface area contributed by atoms with Crippen molar-refractivity contribution in [2.45, 2.75) is 44.8 Å². The molecule has 0 saturated carbocycles. The number of piperidine rings is 1. The van der Waals surface area contributed by atoms with Crippen LogP contribution in [0, 0.1) is 5.92 Å². The van der Waals surface area contributed by atoms with E-state index in [0.717, 1.165) is 55.9 Å². The number of halogens is 1. The largest absolute Gasteiger partial charge is 0.486 e. The van der Waals surface area contributed by atoms with Gasteiger partial charge in [0, 0.05) is 30.0 Å².